The van der Waals surface area contributed by atoms with Gasteiger partial charge < -0.3 is 9.88 Å². The second-order valence-electron chi connectivity index (χ2n) is 8.57. The molecule has 0 aliphatic heterocycles. The van der Waals surface area contributed by atoms with Crippen molar-refractivity contribution in [1.82, 2.24) is 4.57 Å². The summed E-state index contributed by atoms with van der Waals surface area (Å²) in [4.78, 5) is 26.0. The average Bonchev–Trinajstić information content (AvgIpc) is 2.86. The van der Waals surface area contributed by atoms with Crippen LogP contribution in [-0.2, 0) is 34.0 Å². The summed E-state index contributed by atoms with van der Waals surface area (Å²) in [5, 5.41) is 3.13. The maximum atomic E-state index is 13.4. The number of pyridine rings is 1. The molecule has 0 aliphatic rings. The number of hydrogen-bond acceptors (Lipinski definition) is 4. The summed E-state index contributed by atoms with van der Waals surface area (Å²) in [6.07, 6.45) is 2.87. The number of aryl methyl sites for hydroxylation is 3. The Morgan fingerprint density at radius 3 is 2.14 bits per heavy atom. The molecule has 4 aromatic rings. The van der Waals surface area contributed by atoms with E-state index in [0.29, 0.717) is 17.6 Å². The Hall–Kier alpha value is -3.71. The monoisotopic (exact) mass is 488 g/mol. The van der Waals surface area contributed by atoms with Gasteiger partial charge in [0.05, 0.1) is 10.4 Å². The zero-order valence-electron chi connectivity index (χ0n) is 20.0. The van der Waals surface area contributed by atoms with E-state index in [2.05, 4.69) is 12.2 Å². The first-order valence-electron chi connectivity index (χ1n) is 11.6. The van der Waals surface area contributed by atoms with Crippen molar-refractivity contribution in [2.75, 3.05) is 5.32 Å². The van der Waals surface area contributed by atoms with E-state index in [9.17, 15) is 18.0 Å². The molecule has 7 heteroatoms. The van der Waals surface area contributed by atoms with Gasteiger partial charge in [-0.1, -0.05) is 49.7 Å². The van der Waals surface area contributed by atoms with Crippen LogP contribution in [0.1, 0.15) is 30.5 Å². The van der Waals surface area contributed by atoms with E-state index in [1.54, 1.807) is 24.3 Å². The smallest absolute Gasteiger partial charge is 0.244 e. The lowest BCUT2D eigenvalue weighted by Crippen LogP contribution is -2.24. The van der Waals surface area contributed by atoms with Crippen molar-refractivity contribution in [2.45, 2.75) is 49.9 Å². The van der Waals surface area contributed by atoms with Crippen LogP contribution in [0.5, 0.6) is 0 Å². The van der Waals surface area contributed by atoms with Crippen LogP contribution in [0.15, 0.2) is 87.5 Å². The second-order valence-corrected chi connectivity index (χ2v) is 10.5. The molecule has 3 aromatic carbocycles. The van der Waals surface area contributed by atoms with Crippen LogP contribution < -0.4 is 10.7 Å². The number of sulfone groups is 1. The lowest BCUT2D eigenvalue weighted by atomic mass is 10.1. The summed E-state index contributed by atoms with van der Waals surface area (Å²) < 4.78 is 28.4. The molecule has 0 atom stereocenters. The lowest BCUT2D eigenvalue weighted by Gasteiger charge is -2.15. The maximum absolute atomic E-state index is 13.4. The van der Waals surface area contributed by atoms with Gasteiger partial charge in [-0.25, -0.2) is 8.42 Å². The summed E-state index contributed by atoms with van der Waals surface area (Å²) in [6, 6.07) is 19.3. The Labute approximate surface area is 205 Å². The number of aromatic nitrogens is 1. The van der Waals surface area contributed by atoms with Crippen molar-refractivity contribution in [3.63, 3.8) is 0 Å². The normalized spacial score (nSPS) is 11.5. The van der Waals surface area contributed by atoms with E-state index in [1.807, 2.05) is 44.2 Å². The predicted molar refractivity (Wildman–Crippen MR) is 139 cm³/mol. The molecule has 0 spiro atoms. The van der Waals surface area contributed by atoms with Gasteiger partial charge in [-0.3, -0.25) is 9.59 Å². The molecule has 0 bridgehead atoms. The van der Waals surface area contributed by atoms with Crippen molar-refractivity contribution in [2.24, 2.45) is 0 Å². The van der Waals surface area contributed by atoms with Gasteiger partial charge in [-0.15, -0.1) is 0 Å². The first-order valence-corrected chi connectivity index (χ1v) is 13.1. The minimum absolute atomic E-state index is 0.0400. The van der Waals surface area contributed by atoms with Crippen LogP contribution in [0.2, 0.25) is 0 Å². The Balaban J connectivity index is 1.80. The molecule has 1 amide bonds. The highest BCUT2D eigenvalue weighted by Crippen LogP contribution is 2.23. The first-order chi connectivity index (χ1) is 16.7. The van der Waals surface area contributed by atoms with Gasteiger partial charge in [0.15, 0.2) is 0 Å². The maximum Gasteiger partial charge on any atom is 0.244 e. The van der Waals surface area contributed by atoms with Gasteiger partial charge in [0, 0.05) is 17.3 Å². The van der Waals surface area contributed by atoms with Crippen molar-refractivity contribution in [3.8, 4) is 0 Å². The number of carbonyl (C=O) groups excluding carboxylic acids is 1. The van der Waals surface area contributed by atoms with Crippen molar-refractivity contribution >= 4 is 32.3 Å². The second kappa shape index (κ2) is 9.88. The molecule has 6 nitrogen and oxygen atoms in total. The highest BCUT2D eigenvalue weighted by atomic mass is 32.2. The van der Waals surface area contributed by atoms with Gasteiger partial charge in [-0.2, -0.15) is 0 Å². The third-order valence-electron chi connectivity index (χ3n) is 6.10. The number of rotatable bonds is 7. The number of nitrogens with zero attached hydrogens (tertiary/aromatic N) is 1. The molecule has 0 radical (unpaired) electrons. The molecule has 1 aromatic heterocycles. The third kappa shape index (κ3) is 5.05. The number of nitrogens with one attached hydrogen (secondary N) is 1. The summed E-state index contributed by atoms with van der Waals surface area (Å²) in [7, 11) is -4.09. The van der Waals surface area contributed by atoms with Gasteiger partial charge in [0.1, 0.15) is 11.4 Å². The van der Waals surface area contributed by atoms with E-state index in [1.165, 1.54) is 22.9 Å². The SMILES string of the molecule is CCc1ccc(NC(=O)Cn2cc(S(=O)(=O)c3ccc(C)cc3)c(=O)c3cc(CC)ccc32)cc1. The zero-order chi connectivity index (χ0) is 25.2. The van der Waals surface area contributed by atoms with E-state index in [4.69, 9.17) is 0 Å². The molecule has 0 fully saturated rings. The number of fused-ring (bicyclic) bond motifs is 1. The largest absolute Gasteiger partial charge is 0.336 e. The molecule has 35 heavy (non-hydrogen) atoms. The Kier molecular flexibility index (Phi) is 6.89. The quantitative estimate of drug-likeness (QED) is 0.401. The molecule has 4 rings (SSSR count). The topological polar surface area (TPSA) is 85.2 Å². The molecular weight excluding hydrogens is 460 g/mol. The number of benzene rings is 3. The van der Waals surface area contributed by atoms with Gasteiger partial charge >= 0.3 is 0 Å². The molecule has 0 aliphatic carbocycles. The predicted octanol–water partition coefficient (Wildman–Crippen LogP) is 4.91. The standard InChI is InChI=1S/C28H28N2O4S/c1-4-20-8-11-22(12-9-20)29-27(31)18-30-17-26(35(33,34)23-13-6-19(3)7-14-23)28(32)24-16-21(5-2)10-15-25(24)30/h6-17H,4-5,18H2,1-3H3,(H,29,31). The van der Waals surface area contributed by atoms with Gasteiger partial charge in [0.2, 0.25) is 21.2 Å². The summed E-state index contributed by atoms with van der Waals surface area (Å²) in [6.45, 7) is 5.74. The van der Waals surface area contributed by atoms with Crippen LogP contribution in [-0.4, -0.2) is 18.9 Å². The highest BCUT2D eigenvalue weighted by molar-refractivity contribution is 7.91. The Morgan fingerprint density at radius 1 is 0.886 bits per heavy atom. The minimum atomic E-state index is -4.09. The van der Waals surface area contributed by atoms with Crippen molar-refractivity contribution < 1.29 is 13.2 Å². The van der Waals surface area contributed by atoms with E-state index >= 15 is 0 Å². The van der Waals surface area contributed by atoms with Crippen molar-refractivity contribution in [1.29, 1.82) is 0 Å². The summed E-state index contributed by atoms with van der Waals surface area (Å²) in [5.41, 5.74) is 3.57. The number of hydrogen-bond donors (Lipinski definition) is 1. The van der Waals surface area contributed by atoms with E-state index in [-0.39, 0.29) is 27.6 Å². The molecule has 180 valence electrons. The molecule has 0 saturated carbocycles. The van der Waals surface area contributed by atoms with Crippen LogP contribution in [0.3, 0.4) is 0 Å². The minimum Gasteiger partial charge on any atom is -0.336 e. The fraction of sp³-hybridized carbons (Fsp3) is 0.214. The third-order valence-corrected chi connectivity index (χ3v) is 7.86. The Morgan fingerprint density at radius 2 is 1.51 bits per heavy atom. The van der Waals surface area contributed by atoms with Crippen molar-refractivity contribution in [3.05, 3.63) is 99.8 Å². The Bertz CT molecular complexity index is 1550. The number of carbonyl (C=O) groups is 1. The molecule has 0 unspecified atom stereocenters. The summed E-state index contributed by atoms with van der Waals surface area (Å²) >= 11 is 0. The average molecular weight is 489 g/mol. The lowest BCUT2D eigenvalue weighted by molar-refractivity contribution is -0.116. The van der Waals surface area contributed by atoms with Crippen LogP contribution >= 0.6 is 0 Å². The molecule has 1 heterocycles. The van der Waals surface area contributed by atoms with Crippen LogP contribution in [0.4, 0.5) is 5.69 Å². The van der Waals surface area contributed by atoms with Crippen LogP contribution in [0, 0.1) is 6.92 Å². The molecule has 0 saturated heterocycles. The number of anilines is 1. The molecular formula is C28H28N2O4S. The summed E-state index contributed by atoms with van der Waals surface area (Å²) in [5.74, 6) is -0.322. The fourth-order valence-electron chi connectivity index (χ4n) is 3.98. The number of amides is 1. The van der Waals surface area contributed by atoms with E-state index < -0.39 is 15.3 Å². The van der Waals surface area contributed by atoms with E-state index in [0.717, 1.165) is 23.1 Å². The first kappa shape index (κ1) is 24.4. The van der Waals surface area contributed by atoms with Gasteiger partial charge in [0.25, 0.3) is 0 Å². The molecule has 1 N–H and O–H groups in total. The highest BCUT2D eigenvalue weighted by Gasteiger charge is 2.24. The fourth-order valence-corrected chi connectivity index (χ4v) is 5.35. The van der Waals surface area contributed by atoms with Gasteiger partial charge in [-0.05, 0) is 67.3 Å². The zero-order valence-corrected chi connectivity index (χ0v) is 20.9. The van der Waals surface area contributed by atoms with Crippen LogP contribution in [0.25, 0.3) is 10.9 Å².